The van der Waals surface area contributed by atoms with Gasteiger partial charge < -0.3 is 5.32 Å². The van der Waals surface area contributed by atoms with Gasteiger partial charge in [0.1, 0.15) is 17.2 Å². The van der Waals surface area contributed by atoms with E-state index in [9.17, 15) is 14.9 Å². The largest absolute Gasteiger partial charge is 0.312 e. The average molecular weight is 459 g/mol. The number of anilines is 1. The van der Waals surface area contributed by atoms with Gasteiger partial charge in [-0.3, -0.25) is 19.6 Å². The average Bonchev–Trinajstić information content (AvgIpc) is 3.26. The normalized spacial score (nSPS) is 11.0. The molecule has 34 heavy (non-hydrogen) atoms. The second kappa shape index (κ2) is 8.93. The second-order valence-electron chi connectivity index (χ2n) is 8.51. The number of carbonyl (C=O) groups excluding carboxylic acids is 1. The number of hydrogen-bond acceptors (Lipinski definition) is 5. The number of aromatic nitrogens is 4. The van der Waals surface area contributed by atoms with Crippen LogP contribution in [0.3, 0.4) is 0 Å². The molecule has 0 aliphatic carbocycles. The lowest BCUT2D eigenvalue weighted by Crippen LogP contribution is -2.15. The molecule has 0 fully saturated rings. The smallest absolute Gasteiger partial charge is 0.306 e. The van der Waals surface area contributed by atoms with E-state index in [0.717, 1.165) is 28.1 Å². The summed E-state index contributed by atoms with van der Waals surface area (Å²) in [6.07, 6.45) is 0. The van der Waals surface area contributed by atoms with Crippen molar-refractivity contribution in [3.8, 4) is 5.69 Å². The first kappa shape index (κ1) is 22.9. The van der Waals surface area contributed by atoms with Crippen molar-refractivity contribution in [2.75, 3.05) is 5.32 Å². The van der Waals surface area contributed by atoms with E-state index in [0.29, 0.717) is 29.3 Å². The van der Waals surface area contributed by atoms with Crippen molar-refractivity contribution in [3.63, 3.8) is 0 Å². The summed E-state index contributed by atoms with van der Waals surface area (Å²) in [6, 6.07) is 15.1. The van der Waals surface area contributed by atoms with Gasteiger partial charge in [0.25, 0.3) is 5.91 Å². The topological polar surface area (TPSA) is 108 Å². The van der Waals surface area contributed by atoms with Crippen LogP contribution in [0.2, 0.25) is 0 Å². The Labute approximate surface area is 197 Å². The summed E-state index contributed by atoms with van der Waals surface area (Å²) in [5.74, 6) is 0.338. The Morgan fingerprint density at radius 1 is 0.971 bits per heavy atom. The molecule has 0 atom stereocenters. The van der Waals surface area contributed by atoms with Crippen LogP contribution in [-0.4, -0.2) is 30.4 Å². The highest BCUT2D eigenvalue weighted by molar-refractivity contribution is 6.04. The number of amides is 1. The van der Waals surface area contributed by atoms with E-state index in [2.05, 4.69) is 21.6 Å². The fraction of sp³-hybridized carbons (Fsp3) is 0.240. The molecule has 0 aliphatic rings. The number of nitrogens with zero attached hydrogens (tertiary/aromatic N) is 5. The summed E-state index contributed by atoms with van der Waals surface area (Å²) in [5, 5.41) is 23.0. The highest BCUT2D eigenvalue weighted by Gasteiger charge is 2.21. The van der Waals surface area contributed by atoms with Crippen LogP contribution in [-0.2, 0) is 6.54 Å². The highest BCUT2D eigenvalue weighted by atomic mass is 16.6. The van der Waals surface area contributed by atoms with Crippen LogP contribution in [0.25, 0.3) is 5.69 Å². The minimum Gasteiger partial charge on any atom is -0.306 e. The molecular formula is C25H26N6O3. The molecule has 9 heteroatoms. The van der Waals surface area contributed by atoms with Crippen LogP contribution in [0.5, 0.6) is 0 Å². The molecule has 0 radical (unpaired) electrons. The van der Waals surface area contributed by atoms with Gasteiger partial charge in [-0.2, -0.15) is 10.2 Å². The monoisotopic (exact) mass is 458 g/mol. The zero-order chi connectivity index (χ0) is 24.6. The third kappa shape index (κ3) is 4.59. The maximum atomic E-state index is 12.9. The molecule has 2 aromatic carbocycles. The summed E-state index contributed by atoms with van der Waals surface area (Å²) < 4.78 is 3.34. The number of nitrogens with one attached hydrogen (secondary N) is 1. The van der Waals surface area contributed by atoms with Crippen LogP contribution in [0, 0.1) is 44.7 Å². The van der Waals surface area contributed by atoms with Gasteiger partial charge in [0.2, 0.25) is 0 Å². The summed E-state index contributed by atoms with van der Waals surface area (Å²) in [7, 11) is 0. The molecule has 174 valence electrons. The zero-order valence-corrected chi connectivity index (χ0v) is 19.8. The standard InChI is InChI=1S/C25H26N6O3/c1-15-10-16(2)12-22(11-15)30-23(13-17(3)27-30)26-25(32)21-8-6-20(7-9-21)14-29-19(5)24(31(33)34)18(4)28-29/h6-13H,14H2,1-5H3,(H,26,32). The van der Waals surface area contributed by atoms with Gasteiger partial charge in [0.15, 0.2) is 0 Å². The van der Waals surface area contributed by atoms with E-state index in [1.54, 1.807) is 35.3 Å². The fourth-order valence-corrected chi connectivity index (χ4v) is 4.09. The predicted octanol–water partition coefficient (Wildman–Crippen LogP) is 4.82. The molecular weight excluding hydrogens is 432 g/mol. The predicted molar refractivity (Wildman–Crippen MR) is 130 cm³/mol. The van der Waals surface area contributed by atoms with Crippen molar-refractivity contribution >= 4 is 17.4 Å². The van der Waals surface area contributed by atoms with Gasteiger partial charge in [0, 0.05) is 11.6 Å². The lowest BCUT2D eigenvalue weighted by atomic mass is 10.1. The Balaban J connectivity index is 1.53. The number of carbonyl (C=O) groups is 1. The number of nitro groups is 1. The molecule has 0 aliphatic heterocycles. The lowest BCUT2D eigenvalue weighted by molar-refractivity contribution is -0.386. The van der Waals surface area contributed by atoms with Gasteiger partial charge in [-0.05, 0) is 75.6 Å². The van der Waals surface area contributed by atoms with E-state index in [1.807, 2.05) is 51.1 Å². The third-order valence-electron chi connectivity index (χ3n) is 5.60. The minimum atomic E-state index is -0.411. The molecule has 0 unspecified atom stereocenters. The Morgan fingerprint density at radius 2 is 1.62 bits per heavy atom. The molecule has 2 heterocycles. The molecule has 2 aromatic heterocycles. The van der Waals surface area contributed by atoms with Crippen LogP contribution in [0.15, 0.2) is 48.5 Å². The Hall–Kier alpha value is -4.27. The van der Waals surface area contributed by atoms with Crippen molar-refractivity contribution in [3.05, 3.63) is 98.0 Å². The van der Waals surface area contributed by atoms with E-state index in [4.69, 9.17) is 0 Å². The van der Waals surface area contributed by atoms with Gasteiger partial charge in [0.05, 0.1) is 22.8 Å². The van der Waals surface area contributed by atoms with E-state index >= 15 is 0 Å². The van der Waals surface area contributed by atoms with Crippen LogP contribution < -0.4 is 5.32 Å². The Kier molecular flexibility index (Phi) is 6.02. The second-order valence-corrected chi connectivity index (χ2v) is 8.51. The maximum Gasteiger partial charge on any atom is 0.312 e. The molecule has 0 bridgehead atoms. The van der Waals surface area contributed by atoms with E-state index in [-0.39, 0.29) is 11.6 Å². The Bertz CT molecular complexity index is 1380. The molecule has 1 N–H and O–H groups in total. The molecule has 4 rings (SSSR count). The summed E-state index contributed by atoms with van der Waals surface area (Å²) in [6.45, 7) is 9.61. The SMILES string of the molecule is Cc1cc(C)cc(-n2nc(C)cc2NC(=O)c2ccc(Cn3nc(C)c([N+](=O)[O-])c3C)cc2)c1. The van der Waals surface area contributed by atoms with Gasteiger partial charge in [-0.25, -0.2) is 4.68 Å². The number of aryl methyl sites for hydroxylation is 4. The van der Waals surface area contributed by atoms with Crippen LogP contribution >= 0.6 is 0 Å². The first-order chi connectivity index (χ1) is 16.1. The number of rotatable bonds is 6. The van der Waals surface area contributed by atoms with Crippen LogP contribution in [0.4, 0.5) is 11.5 Å². The minimum absolute atomic E-state index is 0.0340. The zero-order valence-electron chi connectivity index (χ0n) is 19.8. The van der Waals surface area contributed by atoms with Crippen LogP contribution in [0.1, 0.15) is 44.1 Å². The van der Waals surface area contributed by atoms with E-state index in [1.165, 1.54) is 0 Å². The molecule has 9 nitrogen and oxygen atoms in total. The number of hydrogen-bond donors (Lipinski definition) is 1. The molecule has 0 saturated heterocycles. The molecule has 1 amide bonds. The number of benzene rings is 2. The fourth-order valence-electron chi connectivity index (χ4n) is 4.09. The van der Waals surface area contributed by atoms with Gasteiger partial charge >= 0.3 is 5.69 Å². The molecule has 4 aromatic rings. The van der Waals surface area contributed by atoms with Crippen molar-refractivity contribution in [1.29, 1.82) is 0 Å². The highest BCUT2D eigenvalue weighted by Crippen LogP contribution is 2.23. The van der Waals surface area contributed by atoms with E-state index < -0.39 is 4.92 Å². The molecule has 0 saturated carbocycles. The quantitative estimate of drug-likeness (QED) is 0.329. The molecule has 0 spiro atoms. The third-order valence-corrected chi connectivity index (χ3v) is 5.60. The first-order valence-electron chi connectivity index (χ1n) is 10.9. The lowest BCUT2D eigenvalue weighted by Gasteiger charge is -2.11. The van der Waals surface area contributed by atoms with Gasteiger partial charge in [-0.15, -0.1) is 0 Å². The van der Waals surface area contributed by atoms with Crippen molar-refractivity contribution in [2.24, 2.45) is 0 Å². The summed E-state index contributed by atoms with van der Waals surface area (Å²) >= 11 is 0. The van der Waals surface area contributed by atoms with Crippen molar-refractivity contribution in [2.45, 2.75) is 41.2 Å². The van der Waals surface area contributed by atoms with Crippen molar-refractivity contribution < 1.29 is 9.72 Å². The maximum absolute atomic E-state index is 12.9. The Morgan fingerprint density at radius 3 is 2.21 bits per heavy atom. The first-order valence-corrected chi connectivity index (χ1v) is 10.9. The van der Waals surface area contributed by atoms with Gasteiger partial charge in [-0.1, -0.05) is 18.2 Å². The summed E-state index contributed by atoms with van der Waals surface area (Å²) in [4.78, 5) is 23.8. The van der Waals surface area contributed by atoms with Crippen molar-refractivity contribution in [1.82, 2.24) is 19.6 Å². The summed E-state index contributed by atoms with van der Waals surface area (Å²) in [5.41, 5.74) is 6.20.